The number of thiazole rings is 1. The fraction of sp³-hybridized carbons (Fsp3) is 0.174. The van der Waals surface area contributed by atoms with Crippen LogP contribution in [-0.2, 0) is 16.1 Å². The van der Waals surface area contributed by atoms with E-state index in [9.17, 15) is 9.59 Å². The highest BCUT2D eigenvalue weighted by atomic mass is 32.1. The summed E-state index contributed by atoms with van der Waals surface area (Å²) >= 11 is 1.56. The van der Waals surface area contributed by atoms with Crippen LogP contribution in [0.3, 0.4) is 0 Å². The lowest BCUT2D eigenvalue weighted by atomic mass is 10.1. The van der Waals surface area contributed by atoms with E-state index >= 15 is 0 Å². The average molecular weight is 447 g/mol. The minimum Gasteiger partial charge on any atom is -0.326 e. The van der Waals surface area contributed by atoms with E-state index in [2.05, 4.69) is 20.9 Å². The van der Waals surface area contributed by atoms with Gasteiger partial charge in [0.2, 0.25) is 5.91 Å². The number of amides is 2. The highest BCUT2D eigenvalue weighted by molar-refractivity contribution is 7.12. The SMILES string of the molecule is CC(=O)Nc1ccc(N/N=C2/C(=O)N(Cc3nc(-c4ccccc4)c(C)s3)N=C2C)cc1. The summed E-state index contributed by atoms with van der Waals surface area (Å²) in [6.45, 7) is 5.52. The van der Waals surface area contributed by atoms with Crippen LogP contribution in [0.4, 0.5) is 11.4 Å². The second-order valence-corrected chi connectivity index (χ2v) is 8.55. The van der Waals surface area contributed by atoms with Gasteiger partial charge in [-0.2, -0.15) is 10.2 Å². The molecule has 2 heterocycles. The number of aromatic nitrogens is 1. The molecule has 1 aliphatic heterocycles. The van der Waals surface area contributed by atoms with Gasteiger partial charge < -0.3 is 5.32 Å². The second kappa shape index (κ2) is 9.11. The van der Waals surface area contributed by atoms with Gasteiger partial charge in [0, 0.05) is 23.1 Å². The van der Waals surface area contributed by atoms with Gasteiger partial charge in [0.25, 0.3) is 5.91 Å². The molecule has 0 aliphatic carbocycles. The first-order valence-corrected chi connectivity index (χ1v) is 10.8. The summed E-state index contributed by atoms with van der Waals surface area (Å²) in [6.07, 6.45) is 0. The van der Waals surface area contributed by atoms with Crippen molar-refractivity contribution in [2.24, 2.45) is 10.2 Å². The maximum absolute atomic E-state index is 12.8. The molecule has 32 heavy (non-hydrogen) atoms. The molecule has 9 heteroatoms. The van der Waals surface area contributed by atoms with Crippen LogP contribution in [0.15, 0.2) is 64.8 Å². The van der Waals surface area contributed by atoms with Gasteiger partial charge in [-0.3, -0.25) is 15.0 Å². The number of aryl methyl sites for hydroxylation is 1. The molecule has 4 rings (SSSR count). The molecule has 162 valence electrons. The number of hydrazone groups is 2. The van der Waals surface area contributed by atoms with Crippen molar-refractivity contribution < 1.29 is 9.59 Å². The van der Waals surface area contributed by atoms with E-state index in [1.165, 1.54) is 11.9 Å². The van der Waals surface area contributed by atoms with Crippen LogP contribution in [-0.4, -0.2) is 33.2 Å². The summed E-state index contributed by atoms with van der Waals surface area (Å²) in [5.74, 6) is -0.417. The minimum absolute atomic E-state index is 0.138. The third kappa shape index (κ3) is 4.73. The van der Waals surface area contributed by atoms with Gasteiger partial charge in [-0.1, -0.05) is 30.3 Å². The molecule has 1 aromatic heterocycles. The van der Waals surface area contributed by atoms with Crippen LogP contribution < -0.4 is 10.7 Å². The van der Waals surface area contributed by atoms with E-state index in [-0.39, 0.29) is 17.5 Å². The Morgan fingerprint density at radius 1 is 1.06 bits per heavy atom. The van der Waals surface area contributed by atoms with Crippen molar-refractivity contribution in [3.63, 3.8) is 0 Å². The Balaban J connectivity index is 1.44. The number of hydrogen-bond acceptors (Lipinski definition) is 7. The van der Waals surface area contributed by atoms with Gasteiger partial charge in [0.15, 0.2) is 5.71 Å². The molecule has 2 aromatic carbocycles. The van der Waals surface area contributed by atoms with Crippen LogP contribution in [0.25, 0.3) is 11.3 Å². The van der Waals surface area contributed by atoms with E-state index < -0.39 is 0 Å². The minimum atomic E-state index is -0.279. The molecule has 0 atom stereocenters. The summed E-state index contributed by atoms with van der Waals surface area (Å²) in [4.78, 5) is 29.8. The zero-order valence-corrected chi connectivity index (χ0v) is 18.7. The largest absolute Gasteiger partial charge is 0.326 e. The van der Waals surface area contributed by atoms with Crippen molar-refractivity contribution >= 4 is 45.9 Å². The van der Waals surface area contributed by atoms with Crippen molar-refractivity contribution in [3.05, 3.63) is 64.5 Å². The van der Waals surface area contributed by atoms with Gasteiger partial charge in [0.1, 0.15) is 5.01 Å². The first-order valence-electron chi connectivity index (χ1n) is 10.0. The van der Waals surface area contributed by atoms with Gasteiger partial charge in [0.05, 0.1) is 23.6 Å². The molecule has 0 unspecified atom stereocenters. The summed E-state index contributed by atoms with van der Waals surface area (Å²) in [5, 5.41) is 13.5. The molecular weight excluding hydrogens is 424 g/mol. The Bertz CT molecular complexity index is 1220. The highest BCUT2D eigenvalue weighted by Gasteiger charge is 2.30. The molecule has 0 fully saturated rings. The molecule has 2 amide bonds. The lowest BCUT2D eigenvalue weighted by Crippen LogP contribution is -2.27. The van der Waals surface area contributed by atoms with Crippen molar-refractivity contribution in [2.45, 2.75) is 27.3 Å². The first-order chi connectivity index (χ1) is 15.4. The number of hydrogen-bond donors (Lipinski definition) is 2. The van der Waals surface area contributed by atoms with Gasteiger partial charge in [-0.05, 0) is 38.1 Å². The molecule has 0 radical (unpaired) electrons. The number of rotatable bonds is 6. The predicted molar refractivity (Wildman–Crippen MR) is 128 cm³/mol. The number of nitrogens with zero attached hydrogens (tertiary/aromatic N) is 4. The summed E-state index contributed by atoms with van der Waals surface area (Å²) in [6, 6.07) is 17.0. The van der Waals surface area contributed by atoms with E-state index in [1.54, 1.807) is 42.5 Å². The molecule has 0 bridgehead atoms. The quantitative estimate of drug-likeness (QED) is 0.553. The fourth-order valence-corrected chi connectivity index (χ4v) is 4.19. The third-order valence-corrected chi connectivity index (χ3v) is 5.68. The molecule has 3 aromatic rings. The molecule has 1 aliphatic rings. The van der Waals surface area contributed by atoms with Gasteiger partial charge >= 0.3 is 0 Å². The first kappa shape index (κ1) is 21.4. The van der Waals surface area contributed by atoms with Crippen molar-refractivity contribution in [1.29, 1.82) is 0 Å². The number of carbonyl (C=O) groups is 2. The monoisotopic (exact) mass is 446 g/mol. The second-order valence-electron chi connectivity index (χ2n) is 7.26. The molecule has 0 saturated heterocycles. The highest BCUT2D eigenvalue weighted by Crippen LogP contribution is 2.28. The fourth-order valence-electron chi connectivity index (χ4n) is 3.25. The predicted octanol–water partition coefficient (Wildman–Crippen LogP) is 4.26. The number of benzene rings is 2. The van der Waals surface area contributed by atoms with Crippen LogP contribution in [0.1, 0.15) is 23.7 Å². The molecular formula is C23H22N6O2S. The molecule has 2 N–H and O–H groups in total. The maximum atomic E-state index is 12.8. The van der Waals surface area contributed by atoms with E-state index in [4.69, 9.17) is 4.98 Å². The molecule has 0 spiro atoms. The van der Waals surface area contributed by atoms with Crippen LogP contribution in [0.2, 0.25) is 0 Å². The summed E-state index contributed by atoms with van der Waals surface area (Å²) in [5.41, 5.74) is 7.03. The van der Waals surface area contributed by atoms with Crippen molar-refractivity contribution in [3.8, 4) is 11.3 Å². The molecule has 8 nitrogen and oxygen atoms in total. The Hall–Kier alpha value is -3.85. The molecule has 0 saturated carbocycles. The zero-order chi connectivity index (χ0) is 22.7. The van der Waals surface area contributed by atoms with Crippen LogP contribution in [0, 0.1) is 6.92 Å². The zero-order valence-electron chi connectivity index (χ0n) is 17.9. The number of nitrogens with one attached hydrogen (secondary N) is 2. The van der Waals surface area contributed by atoms with Gasteiger partial charge in [-0.25, -0.2) is 9.99 Å². The Labute approximate surface area is 189 Å². The smallest absolute Gasteiger partial charge is 0.296 e. The van der Waals surface area contributed by atoms with Crippen LogP contribution in [0.5, 0.6) is 0 Å². The third-order valence-electron chi connectivity index (χ3n) is 4.73. The van der Waals surface area contributed by atoms with Crippen molar-refractivity contribution in [2.75, 3.05) is 10.7 Å². The number of carbonyl (C=O) groups excluding carboxylic acids is 2. The lowest BCUT2D eigenvalue weighted by Gasteiger charge is -2.09. The van der Waals surface area contributed by atoms with Crippen molar-refractivity contribution in [1.82, 2.24) is 9.99 Å². The van der Waals surface area contributed by atoms with Gasteiger partial charge in [-0.15, -0.1) is 11.3 Å². The van der Waals surface area contributed by atoms with E-state index in [1.807, 2.05) is 37.3 Å². The lowest BCUT2D eigenvalue weighted by molar-refractivity contribution is -0.123. The number of anilines is 2. The maximum Gasteiger partial charge on any atom is 0.296 e. The topological polar surface area (TPSA) is 99.0 Å². The summed E-state index contributed by atoms with van der Waals surface area (Å²) in [7, 11) is 0. The average Bonchev–Trinajstić information content (AvgIpc) is 3.26. The Morgan fingerprint density at radius 3 is 2.44 bits per heavy atom. The standard InChI is InChI=1S/C23H22N6O2S/c1-14-21(27-26-19-11-9-18(10-12-19)24-16(3)30)23(31)29(28-14)13-20-25-22(15(2)32-20)17-7-5-4-6-8-17/h4-12,26H,13H2,1-3H3,(H,24,30)/b27-21+. The van der Waals surface area contributed by atoms with E-state index in [0.717, 1.165) is 21.1 Å². The van der Waals surface area contributed by atoms with E-state index in [0.29, 0.717) is 23.6 Å². The Morgan fingerprint density at radius 2 is 1.75 bits per heavy atom. The summed E-state index contributed by atoms with van der Waals surface area (Å²) < 4.78 is 0. The van der Waals surface area contributed by atoms with Crippen LogP contribution >= 0.6 is 11.3 Å². The Kier molecular flexibility index (Phi) is 6.09. The normalized spacial score (nSPS) is 14.6.